The molecule has 0 aliphatic heterocycles. The van der Waals surface area contributed by atoms with Gasteiger partial charge in [-0.25, -0.2) is 0 Å². The van der Waals surface area contributed by atoms with E-state index in [1.165, 1.54) is 0 Å². The van der Waals surface area contributed by atoms with E-state index in [0.717, 1.165) is 37.9 Å². The Morgan fingerprint density at radius 1 is 1.44 bits per heavy atom. The fourth-order valence-electron chi connectivity index (χ4n) is 1.49. The molecule has 90 valence electrons. The molecule has 0 aliphatic carbocycles. The van der Waals surface area contributed by atoms with Gasteiger partial charge < -0.3 is 11.1 Å². The van der Waals surface area contributed by atoms with Crippen LogP contribution in [0.5, 0.6) is 0 Å². The Balaban J connectivity index is 2.11. The molecule has 16 heavy (non-hydrogen) atoms. The summed E-state index contributed by atoms with van der Waals surface area (Å²) in [5.41, 5.74) is 6.15. The molecule has 5 nitrogen and oxygen atoms in total. The zero-order valence-electron chi connectivity index (χ0n) is 9.78. The first-order chi connectivity index (χ1) is 7.72. The van der Waals surface area contributed by atoms with Crippen molar-refractivity contribution < 1.29 is 4.79 Å². The minimum atomic E-state index is 0.0562. The predicted molar refractivity (Wildman–Crippen MR) is 64.0 cm³/mol. The number of carbonyl (C=O) groups is 1. The van der Waals surface area contributed by atoms with Gasteiger partial charge in [0.05, 0.1) is 11.9 Å². The van der Waals surface area contributed by atoms with Crippen molar-refractivity contribution in [3.8, 4) is 0 Å². The Labute approximate surface area is 96.0 Å². The molecule has 3 N–H and O–H groups in total. The number of hydrogen-bond donors (Lipinski definition) is 2. The standard InChI is InChI=1S/C11H20N4O/c1-15-9-10(8-13-15)14-11(16)6-4-2-3-5-7-12/h8-9H,2-7,12H2,1H3,(H,14,16). The van der Waals surface area contributed by atoms with Crippen molar-refractivity contribution in [3.05, 3.63) is 12.4 Å². The van der Waals surface area contributed by atoms with Crippen molar-refractivity contribution in [3.63, 3.8) is 0 Å². The summed E-state index contributed by atoms with van der Waals surface area (Å²) < 4.78 is 1.66. The van der Waals surface area contributed by atoms with Gasteiger partial charge in [-0.05, 0) is 19.4 Å². The molecule has 5 heteroatoms. The van der Waals surface area contributed by atoms with Gasteiger partial charge in [-0.2, -0.15) is 5.10 Å². The molecule has 0 fully saturated rings. The summed E-state index contributed by atoms with van der Waals surface area (Å²) in [6.45, 7) is 0.738. The lowest BCUT2D eigenvalue weighted by molar-refractivity contribution is -0.116. The minimum absolute atomic E-state index is 0.0562. The van der Waals surface area contributed by atoms with E-state index < -0.39 is 0 Å². The summed E-state index contributed by atoms with van der Waals surface area (Å²) in [5, 5.41) is 6.79. The summed E-state index contributed by atoms with van der Waals surface area (Å²) in [4.78, 5) is 11.5. The third-order valence-electron chi connectivity index (χ3n) is 2.35. The van der Waals surface area contributed by atoms with Crippen LogP contribution in [0.4, 0.5) is 5.69 Å². The second-order valence-electron chi connectivity index (χ2n) is 3.90. The molecule has 0 saturated carbocycles. The van der Waals surface area contributed by atoms with E-state index in [-0.39, 0.29) is 5.91 Å². The van der Waals surface area contributed by atoms with Crippen LogP contribution in [-0.4, -0.2) is 22.2 Å². The highest BCUT2D eigenvalue weighted by Gasteiger charge is 2.03. The number of hydrogen-bond acceptors (Lipinski definition) is 3. The number of aromatic nitrogens is 2. The molecule has 0 atom stereocenters. The van der Waals surface area contributed by atoms with Gasteiger partial charge in [0.15, 0.2) is 0 Å². The van der Waals surface area contributed by atoms with Crippen LogP contribution in [-0.2, 0) is 11.8 Å². The molecule has 1 amide bonds. The lowest BCUT2D eigenvalue weighted by atomic mass is 10.1. The van der Waals surface area contributed by atoms with Crippen molar-refractivity contribution in [1.82, 2.24) is 9.78 Å². The van der Waals surface area contributed by atoms with E-state index >= 15 is 0 Å². The zero-order chi connectivity index (χ0) is 11.8. The number of carbonyl (C=O) groups excluding carboxylic acids is 1. The van der Waals surface area contributed by atoms with Crippen LogP contribution in [0.1, 0.15) is 32.1 Å². The number of rotatable bonds is 7. The predicted octanol–water partition coefficient (Wildman–Crippen LogP) is 1.27. The van der Waals surface area contributed by atoms with E-state index in [1.807, 2.05) is 7.05 Å². The number of nitrogens with one attached hydrogen (secondary N) is 1. The van der Waals surface area contributed by atoms with Crippen LogP contribution in [0.2, 0.25) is 0 Å². The molecule has 0 saturated heterocycles. The van der Waals surface area contributed by atoms with Crippen molar-refractivity contribution in [1.29, 1.82) is 0 Å². The maximum atomic E-state index is 11.5. The summed E-state index contributed by atoms with van der Waals surface area (Å²) in [6, 6.07) is 0. The highest BCUT2D eigenvalue weighted by atomic mass is 16.1. The van der Waals surface area contributed by atoms with E-state index in [2.05, 4.69) is 10.4 Å². The lowest BCUT2D eigenvalue weighted by Crippen LogP contribution is -2.10. The molecule has 0 aromatic carbocycles. The normalized spacial score (nSPS) is 10.4. The Bertz CT molecular complexity index is 322. The van der Waals surface area contributed by atoms with Crippen LogP contribution in [0.15, 0.2) is 12.4 Å². The second-order valence-corrected chi connectivity index (χ2v) is 3.90. The Kier molecular flexibility index (Phi) is 5.56. The first-order valence-electron chi connectivity index (χ1n) is 5.71. The van der Waals surface area contributed by atoms with Gasteiger partial charge in [0.2, 0.25) is 5.91 Å². The maximum absolute atomic E-state index is 11.5. The monoisotopic (exact) mass is 224 g/mol. The van der Waals surface area contributed by atoms with Crippen LogP contribution in [0.25, 0.3) is 0 Å². The first kappa shape index (κ1) is 12.7. The van der Waals surface area contributed by atoms with E-state index in [1.54, 1.807) is 17.1 Å². The van der Waals surface area contributed by atoms with Crippen LogP contribution >= 0.6 is 0 Å². The molecular weight excluding hydrogens is 204 g/mol. The lowest BCUT2D eigenvalue weighted by Gasteiger charge is -2.02. The summed E-state index contributed by atoms with van der Waals surface area (Å²) in [6.07, 6.45) is 8.14. The smallest absolute Gasteiger partial charge is 0.224 e. The van der Waals surface area contributed by atoms with E-state index in [4.69, 9.17) is 5.73 Å². The van der Waals surface area contributed by atoms with Crippen molar-refractivity contribution >= 4 is 11.6 Å². The molecule has 1 aromatic heterocycles. The fraction of sp³-hybridized carbons (Fsp3) is 0.636. The number of aryl methyl sites for hydroxylation is 1. The second kappa shape index (κ2) is 7.00. The molecule has 0 bridgehead atoms. The van der Waals surface area contributed by atoms with Gasteiger partial charge in [0.1, 0.15) is 0 Å². The van der Waals surface area contributed by atoms with Gasteiger partial charge in [-0.15, -0.1) is 0 Å². The summed E-state index contributed by atoms with van der Waals surface area (Å²) in [7, 11) is 1.82. The van der Waals surface area contributed by atoms with Crippen molar-refractivity contribution in [2.75, 3.05) is 11.9 Å². The minimum Gasteiger partial charge on any atom is -0.330 e. The number of anilines is 1. The molecule has 1 rings (SSSR count). The quantitative estimate of drug-likeness (QED) is 0.685. The number of nitrogens with zero attached hydrogens (tertiary/aromatic N) is 2. The Hall–Kier alpha value is -1.36. The van der Waals surface area contributed by atoms with Gasteiger partial charge in [0.25, 0.3) is 0 Å². The third kappa shape index (κ3) is 4.93. The van der Waals surface area contributed by atoms with Gasteiger partial charge >= 0.3 is 0 Å². The fourth-order valence-corrected chi connectivity index (χ4v) is 1.49. The molecule has 0 aliphatic rings. The van der Waals surface area contributed by atoms with Crippen LogP contribution in [0.3, 0.4) is 0 Å². The molecule has 0 radical (unpaired) electrons. The molecule has 1 aromatic rings. The largest absolute Gasteiger partial charge is 0.330 e. The van der Waals surface area contributed by atoms with Gasteiger partial charge in [0, 0.05) is 19.7 Å². The van der Waals surface area contributed by atoms with Crippen molar-refractivity contribution in [2.45, 2.75) is 32.1 Å². The molecule has 1 heterocycles. The SMILES string of the molecule is Cn1cc(NC(=O)CCCCCCN)cn1. The maximum Gasteiger partial charge on any atom is 0.224 e. The van der Waals surface area contributed by atoms with Gasteiger partial charge in [-0.1, -0.05) is 12.8 Å². The Morgan fingerprint density at radius 2 is 2.19 bits per heavy atom. The zero-order valence-corrected chi connectivity index (χ0v) is 9.78. The molecular formula is C11H20N4O. The van der Waals surface area contributed by atoms with E-state index in [9.17, 15) is 4.79 Å². The highest BCUT2D eigenvalue weighted by Crippen LogP contribution is 2.07. The number of unbranched alkanes of at least 4 members (excludes halogenated alkanes) is 3. The average molecular weight is 224 g/mol. The summed E-state index contributed by atoms with van der Waals surface area (Å²) >= 11 is 0. The van der Waals surface area contributed by atoms with Crippen LogP contribution < -0.4 is 11.1 Å². The topological polar surface area (TPSA) is 72.9 Å². The first-order valence-corrected chi connectivity index (χ1v) is 5.71. The Morgan fingerprint density at radius 3 is 2.81 bits per heavy atom. The molecule has 0 unspecified atom stereocenters. The van der Waals surface area contributed by atoms with Crippen molar-refractivity contribution in [2.24, 2.45) is 12.8 Å². The number of amides is 1. The van der Waals surface area contributed by atoms with E-state index in [0.29, 0.717) is 6.42 Å². The summed E-state index contributed by atoms with van der Waals surface area (Å²) in [5.74, 6) is 0.0562. The van der Waals surface area contributed by atoms with Gasteiger partial charge in [-0.3, -0.25) is 9.48 Å². The number of nitrogens with two attached hydrogens (primary N) is 1. The third-order valence-corrected chi connectivity index (χ3v) is 2.35. The molecule has 0 spiro atoms. The van der Waals surface area contributed by atoms with Crippen LogP contribution in [0, 0.1) is 0 Å². The highest BCUT2D eigenvalue weighted by molar-refractivity contribution is 5.90. The average Bonchev–Trinajstić information content (AvgIpc) is 2.63.